The molecule has 0 atom stereocenters. The largest absolute Gasteiger partial charge is 0.306 e. The lowest BCUT2D eigenvalue weighted by atomic mass is 9.81. The molecule has 0 amide bonds. The summed E-state index contributed by atoms with van der Waals surface area (Å²) in [6.45, 7) is 4.66. The summed E-state index contributed by atoms with van der Waals surface area (Å²) in [4.78, 5) is 15.2. The number of nitrogens with zero attached hydrogens (tertiary/aromatic N) is 4. The summed E-state index contributed by atoms with van der Waals surface area (Å²) < 4.78 is 2.05. The van der Waals surface area contributed by atoms with Gasteiger partial charge in [-0.3, -0.25) is 0 Å². The van der Waals surface area contributed by atoms with Crippen LogP contribution in [0, 0.1) is 0 Å². The lowest BCUT2D eigenvalue weighted by Gasteiger charge is -2.22. The van der Waals surface area contributed by atoms with Gasteiger partial charge in [-0.05, 0) is 69.8 Å². The Morgan fingerprint density at radius 1 is 0.440 bits per heavy atom. The molecule has 0 saturated heterocycles. The van der Waals surface area contributed by atoms with E-state index in [0.717, 1.165) is 61.2 Å². The summed E-state index contributed by atoms with van der Waals surface area (Å²) in [5.41, 5.74) is 16.6. The maximum Gasteiger partial charge on any atom is 0.137 e. The van der Waals surface area contributed by atoms with Gasteiger partial charge in [0.1, 0.15) is 5.65 Å². The van der Waals surface area contributed by atoms with E-state index < -0.39 is 0 Å². The number of rotatable bonds is 4. The monoisotopic (exact) mass is 640 g/mol. The summed E-state index contributed by atoms with van der Waals surface area (Å²) in [6.07, 6.45) is 4.09. The van der Waals surface area contributed by atoms with Gasteiger partial charge < -0.3 is 4.40 Å². The van der Waals surface area contributed by atoms with Crippen molar-refractivity contribution in [1.29, 1.82) is 0 Å². The van der Waals surface area contributed by atoms with Crippen LogP contribution in [0.1, 0.15) is 25.0 Å². The molecule has 0 radical (unpaired) electrons. The number of hydrogen-bond donors (Lipinski definition) is 0. The van der Waals surface area contributed by atoms with Crippen LogP contribution in [-0.4, -0.2) is 19.4 Å². The molecule has 0 fully saturated rings. The number of hydrogen-bond acceptors (Lipinski definition) is 3. The van der Waals surface area contributed by atoms with Gasteiger partial charge in [0.2, 0.25) is 0 Å². The van der Waals surface area contributed by atoms with Gasteiger partial charge in [-0.2, -0.15) is 0 Å². The average molecular weight is 641 g/mol. The van der Waals surface area contributed by atoms with Crippen molar-refractivity contribution in [3.05, 3.63) is 169 Å². The van der Waals surface area contributed by atoms with Crippen LogP contribution < -0.4 is 0 Å². The number of aromatic nitrogens is 4. The van der Waals surface area contributed by atoms with Gasteiger partial charge in [-0.15, -0.1) is 0 Å². The van der Waals surface area contributed by atoms with E-state index in [4.69, 9.17) is 15.0 Å². The molecule has 4 heteroatoms. The number of imidazole rings is 1. The molecule has 10 rings (SSSR count). The van der Waals surface area contributed by atoms with Crippen molar-refractivity contribution < 1.29 is 0 Å². The zero-order valence-electron chi connectivity index (χ0n) is 27.8. The van der Waals surface area contributed by atoms with Crippen LogP contribution in [-0.2, 0) is 5.41 Å². The van der Waals surface area contributed by atoms with E-state index in [1.807, 2.05) is 28.8 Å². The minimum atomic E-state index is -0.0382. The minimum Gasteiger partial charge on any atom is -0.306 e. The molecule has 4 nitrogen and oxygen atoms in total. The molecule has 4 heterocycles. The van der Waals surface area contributed by atoms with Crippen LogP contribution in [0.25, 0.3) is 83.5 Å². The normalized spacial score (nSPS) is 13.2. The first-order chi connectivity index (χ1) is 24.5. The Kier molecular flexibility index (Phi) is 6.19. The van der Waals surface area contributed by atoms with E-state index in [0.29, 0.717) is 0 Å². The van der Waals surface area contributed by atoms with Crippen molar-refractivity contribution in [1.82, 2.24) is 19.4 Å². The Balaban J connectivity index is 1.01. The van der Waals surface area contributed by atoms with Gasteiger partial charge >= 0.3 is 0 Å². The Morgan fingerprint density at radius 3 is 1.80 bits per heavy atom. The second kappa shape index (κ2) is 10.8. The van der Waals surface area contributed by atoms with Crippen LogP contribution in [0.15, 0.2) is 158 Å². The molecule has 0 aliphatic heterocycles. The highest BCUT2D eigenvalue weighted by atomic mass is 15.0. The fraction of sp³-hybridized carbons (Fsp3) is 0.0652. The lowest BCUT2D eigenvalue weighted by Crippen LogP contribution is -2.14. The zero-order valence-corrected chi connectivity index (χ0v) is 27.8. The van der Waals surface area contributed by atoms with E-state index in [1.165, 1.54) is 33.4 Å². The Morgan fingerprint density at radius 2 is 1.04 bits per heavy atom. The minimum absolute atomic E-state index is 0.0382. The smallest absolute Gasteiger partial charge is 0.137 e. The number of fused-ring (bicyclic) bond motifs is 7. The highest BCUT2D eigenvalue weighted by Crippen LogP contribution is 2.49. The first kappa shape index (κ1) is 28.6. The van der Waals surface area contributed by atoms with Crippen LogP contribution in [0.5, 0.6) is 0 Å². The second-order valence-electron chi connectivity index (χ2n) is 13.8. The first-order valence-corrected chi connectivity index (χ1v) is 17.1. The zero-order chi connectivity index (χ0) is 33.4. The maximum absolute atomic E-state index is 5.25. The third kappa shape index (κ3) is 4.49. The Hall–Kier alpha value is -6.39. The van der Waals surface area contributed by atoms with Crippen LogP contribution >= 0.6 is 0 Å². The Labute approximate surface area is 290 Å². The topological polar surface area (TPSA) is 43.1 Å². The molecule has 9 aromatic rings. The van der Waals surface area contributed by atoms with Gasteiger partial charge in [0.05, 0.1) is 28.1 Å². The van der Waals surface area contributed by atoms with Gasteiger partial charge in [0.15, 0.2) is 0 Å². The van der Waals surface area contributed by atoms with Crippen molar-refractivity contribution >= 4 is 27.5 Å². The van der Waals surface area contributed by atoms with Gasteiger partial charge in [-0.25, -0.2) is 15.0 Å². The summed E-state index contributed by atoms with van der Waals surface area (Å²) in [5, 5.41) is 2.15. The van der Waals surface area contributed by atoms with E-state index in [1.54, 1.807) is 0 Å². The molecule has 236 valence electrons. The van der Waals surface area contributed by atoms with E-state index in [9.17, 15) is 0 Å². The summed E-state index contributed by atoms with van der Waals surface area (Å²) in [6, 6.07) is 51.8. The van der Waals surface area contributed by atoms with Crippen molar-refractivity contribution in [3.8, 4) is 56.0 Å². The molecular weight excluding hydrogens is 609 g/mol. The average Bonchev–Trinajstić information content (AvgIpc) is 3.71. The van der Waals surface area contributed by atoms with E-state index in [-0.39, 0.29) is 5.41 Å². The molecule has 5 aromatic carbocycles. The van der Waals surface area contributed by atoms with E-state index in [2.05, 4.69) is 147 Å². The van der Waals surface area contributed by atoms with Crippen LogP contribution in [0.2, 0.25) is 0 Å². The molecule has 1 aliphatic carbocycles. The van der Waals surface area contributed by atoms with Crippen molar-refractivity contribution in [2.24, 2.45) is 0 Å². The third-order valence-corrected chi connectivity index (χ3v) is 10.4. The quantitative estimate of drug-likeness (QED) is 0.180. The highest BCUT2D eigenvalue weighted by Gasteiger charge is 2.35. The third-order valence-electron chi connectivity index (χ3n) is 10.4. The van der Waals surface area contributed by atoms with Crippen LogP contribution in [0.4, 0.5) is 0 Å². The number of benzene rings is 5. The molecule has 1 aliphatic rings. The lowest BCUT2D eigenvalue weighted by molar-refractivity contribution is 0.660. The van der Waals surface area contributed by atoms with Crippen molar-refractivity contribution in [2.45, 2.75) is 19.3 Å². The molecule has 0 saturated carbocycles. The Bertz CT molecular complexity index is 2760. The predicted molar refractivity (Wildman–Crippen MR) is 205 cm³/mol. The van der Waals surface area contributed by atoms with Crippen molar-refractivity contribution in [3.63, 3.8) is 0 Å². The fourth-order valence-corrected chi connectivity index (χ4v) is 7.72. The molecule has 4 aromatic heterocycles. The van der Waals surface area contributed by atoms with Gasteiger partial charge in [-0.1, -0.05) is 123 Å². The molecule has 0 N–H and O–H groups in total. The SMILES string of the molecule is CC1(C)c2ccccc2-c2ccc(-c3cccc(-c4ccc5ccc6ccc(-c7ccc(-c8cn9ccccc9n8)cc7)nc6c5n4)c3)cc21. The summed E-state index contributed by atoms with van der Waals surface area (Å²) in [5.74, 6) is 0. The van der Waals surface area contributed by atoms with Gasteiger partial charge in [0.25, 0.3) is 0 Å². The van der Waals surface area contributed by atoms with Gasteiger partial charge in [0, 0.05) is 45.3 Å². The molecule has 50 heavy (non-hydrogen) atoms. The van der Waals surface area contributed by atoms with E-state index >= 15 is 0 Å². The molecule has 0 spiro atoms. The summed E-state index contributed by atoms with van der Waals surface area (Å²) >= 11 is 0. The molecular formula is C46H32N4. The standard InChI is InChI=1S/C46H32N4/c1-46(2)38-11-4-3-10-36(38)37-22-19-34(27-39(37)46)33-8-7-9-35(26-33)41-24-21-32-18-17-31-20-23-40(48-44(31)45(32)49-41)29-13-15-30(16-14-29)42-28-50-25-6-5-12-43(50)47-42/h3-28H,1-2H3. The fourth-order valence-electron chi connectivity index (χ4n) is 7.72. The van der Waals surface area contributed by atoms with Crippen LogP contribution in [0.3, 0.4) is 0 Å². The summed E-state index contributed by atoms with van der Waals surface area (Å²) in [7, 11) is 0. The second-order valence-corrected chi connectivity index (χ2v) is 13.8. The predicted octanol–water partition coefficient (Wildman–Crippen LogP) is 11.4. The maximum atomic E-state index is 5.25. The van der Waals surface area contributed by atoms with Crippen molar-refractivity contribution in [2.75, 3.05) is 0 Å². The number of pyridine rings is 3. The molecule has 0 unspecified atom stereocenters. The first-order valence-electron chi connectivity index (χ1n) is 17.1. The molecule has 0 bridgehead atoms. The highest BCUT2D eigenvalue weighted by molar-refractivity contribution is 6.04.